The van der Waals surface area contributed by atoms with Gasteiger partial charge in [0.15, 0.2) is 11.1 Å². The summed E-state index contributed by atoms with van der Waals surface area (Å²) in [6, 6.07) is 0. The molecule has 0 spiro atoms. The van der Waals surface area contributed by atoms with Crippen LogP contribution in [-0.2, 0) is 9.59 Å². The molecule has 2 amide bonds. The van der Waals surface area contributed by atoms with E-state index in [9.17, 15) is 19.8 Å². The van der Waals surface area contributed by atoms with Gasteiger partial charge in [-0.3, -0.25) is 9.59 Å². The smallest absolute Gasteiger partial charge is 0.249 e. The van der Waals surface area contributed by atoms with E-state index in [1.165, 1.54) is 27.7 Å². The Kier molecular flexibility index (Phi) is 9.57. The third-order valence-electron chi connectivity index (χ3n) is 3.99. The Morgan fingerprint density at radius 1 is 0.679 bits per heavy atom. The summed E-state index contributed by atoms with van der Waals surface area (Å²) in [4.78, 5) is 24.5. The third-order valence-corrected chi connectivity index (χ3v) is 3.99. The molecule has 0 unspecified atom stereocenters. The fraction of sp³-hybridized carbons (Fsp3) is 0.875. The Balaban J connectivity index is 4.99. The molecule has 12 heteroatoms. The molecule has 12 nitrogen and oxygen atoms in total. The quantitative estimate of drug-likeness (QED) is 0.153. The van der Waals surface area contributed by atoms with Gasteiger partial charge in [-0.2, -0.15) is 10.2 Å². The maximum atomic E-state index is 12.2. The van der Waals surface area contributed by atoms with Gasteiger partial charge >= 0.3 is 0 Å². The topological polar surface area (TPSA) is 204 Å². The first kappa shape index (κ1) is 26.3. The molecule has 8 N–H and O–H groups in total. The van der Waals surface area contributed by atoms with E-state index >= 15 is 0 Å². The van der Waals surface area contributed by atoms with Crippen molar-refractivity contribution in [3.8, 4) is 0 Å². The largest absolute Gasteiger partial charge is 0.393 e. The summed E-state index contributed by atoms with van der Waals surface area (Å²) in [6.45, 7) is 1.78. The summed E-state index contributed by atoms with van der Waals surface area (Å²) in [5.41, 5.74) is -6.61. The van der Waals surface area contributed by atoms with Gasteiger partial charge in [0.1, 0.15) is 11.2 Å². The highest BCUT2D eigenvalue weighted by molar-refractivity contribution is 5.86. The van der Waals surface area contributed by atoms with Gasteiger partial charge in [-0.15, -0.1) is 0 Å². The molecule has 28 heavy (non-hydrogen) atoms. The lowest BCUT2D eigenvalue weighted by molar-refractivity contribution is -0.129. The predicted molar refractivity (Wildman–Crippen MR) is 97.3 cm³/mol. The highest BCUT2D eigenvalue weighted by Gasteiger charge is 2.35. The Bertz CT molecular complexity index is 509. The number of rotatable bonds is 12. The van der Waals surface area contributed by atoms with Gasteiger partial charge in [-0.05, 0) is 27.7 Å². The van der Waals surface area contributed by atoms with Gasteiger partial charge in [-0.1, -0.05) is 0 Å². The van der Waals surface area contributed by atoms with Crippen LogP contribution in [0, 0.1) is 0 Å². The number of aliphatic hydroxyl groups is 6. The van der Waals surface area contributed by atoms with Crippen LogP contribution < -0.4 is 10.6 Å². The van der Waals surface area contributed by atoms with E-state index in [1.807, 2.05) is 0 Å². The maximum Gasteiger partial charge on any atom is 0.249 e. The Morgan fingerprint density at radius 3 is 1.14 bits per heavy atom. The number of aliphatic hydroxyl groups excluding tert-OH is 4. The molecule has 0 aromatic heterocycles. The van der Waals surface area contributed by atoms with Gasteiger partial charge < -0.3 is 41.3 Å². The zero-order valence-corrected chi connectivity index (χ0v) is 16.6. The number of hydrogen-bond donors (Lipinski definition) is 8. The van der Waals surface area contributed by atoms with Gasteiger partial charge in [0.05, 0.1) is 39.5 Å². The Hall–Kier alpha value is -1.70. The number of carbonyl (C=O) groups is 2. The van der Waals surface area contributed by atoms with Crippen molar-refractivity contribution in [2.45, 2.75) is 50.0 Å². The molecule has 0 radical (unpaired) electrons. The summed E-state index contributed by atoms with van der Waals surface area (Å²) >= 11 is 0. The fourth-order valence-corrected chi connectivity index (χ4v) is 1.59. The van der Waals surface area contributed by atoms with E-state index in [2.05, 4.69) is 20.9 Å². The van der Waals surface area contributed by atoms with E-state index in [0.717, 1.165) is 0 Å². The number of azo groups is 1. The Labute approximate surface area is 163 Å². The molecule has 0 heterocycles. The molecule has 164 valence electrons. The summed E-state index contributed by atoms with van der Waals surface area (Å²) in [7, 11) is 0. The van der Waals surface area contributed by atoms with Crippen molar-refractivity contribution in [2.24, 2.45) is 10.2 Å². The summed E-state index contributed by atoms with van der Waals surface area (Å²) < 4.78 is 0. The molecule has 0 rings (SSSR count). The van der Waals surface area contributed by atoms with Crippen LogP contribution >= 0.6 is 0 Å². The highest BCUT2D eigenvalue weighted by Crippen LogP contribution is 2.17. The SMILES string of the molecule is CC(C)(N=NC(C)(C)C(=O)NCC(O)(CO)CO)C(=O)NCC(O)(CO)CO. The second-order valence-electron chi connectivity index (χ2n) is 7.76. The van der Waals surface area contributed by atoms with Crippen LogP contribution in [0.2, 0.25) is 0 Å². The highest BCUT2D eigenvalue weighted by atomic mass is 16.4. The van der Waals surface area contributed by atoms with Crippen LogP contribution in [0.25, 0.3) is 0 Å². The standard InChI is InChI=1S/C16H32N4O8/c1-13(2,11(25)17-5-15(27,7-21)8-22)19-20-14(3,4)12(26)18-6-16(28,9-23)10-24/h21-24,27-28H,5-10H2,1-4H3,(H,17,25)(H,18,26). The lowest BCUT2D eigenvalue weighted by Crippen LogP contribution is -2.53. The minimum atomic E-state index is -1.88. The van der Waals surface area contributed by atoms with Crippen molar-refractivity contribution in [1.82, 2.24) is 10.6 Å². The van der Waals surface area contributed by atoms with Crippen LogP contribution in [0.3, 0.4) is 0 Å². The first-order valence-electron chi connectivity index (χ1n) is 8.60. The zero-order chi connectivity index (χ0) is 22.2. The molecule has 0 aliphatic rings. The number of amides is 2. The van der Waals surface area contributed by atoms with Crippen LogP contribution in [0.4, 0.5) is 0 Å². The van der Waals surface area contributed by atoms with E-state index in [0.29, 0.717) is 0 Å². The van der Waals surface area contributed by atoms with Crippen molar-refractivity contribution in [1.29, 1.82) is 0 Å². The molecule has 0 atom stereocenters. The molecule has 0 saturated heterocycles. The van der Waals surface area contributed by atoms with Crippen molar-refractivity contribution in [2.75, 3.05) is 39.5 Å². The monoisotopic (exact) mass is 408 g/mol. The Morgan fingerprint density at radius 2 is 0.929 bits per heavy atom. The van der Waals surface area contributed by atoms with Gasteiger partial charge in [0, 0.05) is 0 Å². The average Bonchev–Trinajstić information content (AvgIpc) is 2.68. The van der Waals surface area contributed by atoms with Crippen LogP contribution in [0.1, 0.15) is 27.7 Å². The molecule has 0 saturated carbocycles. The van der Waals surface area contributed by atoms with Gasteiger partial charge in [0.25, 0.3) is 0 Å². The summed E-state index contributed by atoms with van der Waals surface area (Å²) in [5.74, 6) is -1.33. The molecule has 0 fully saturated rings. The van der Waals surface area contributed by atoms with Crippen molar-refractivity contribution >= 4 is 11.8 Å². The van der Waals surface area contributed by atoms with Crippen molar-refractivity contribution in [3.05, 3.63) is 0 Å². The van der Waals surface area contributed by atoms with Crippen LogP contribution in [0.5, 0.6) is 0 Å². The summed E-state index contributed by atoms with van der Waals surface area (Å²) in [5, 5.41) is 68.0. The lowest BCUT2D eigenvalue weighted by atomic mass is 10.0. The minimum Gasteiger partial charge on any atom is -0.393 e. The molecule has 0 aliphatic heterocycles. The van der Waals surface area contributed by atoms with E-state index in [1.54, 1.807) is 0 Å². The average molecular weight is 408 g/mol. The molecular weight excluding hydrogens is 376 g/mol. The first-order chi connectivity index (χ1) is 12.7. The van der Waals surface area contributed by atoms with Crippen molar-refractivity contribution < 1.29 is 40.2 Å². The second-order valence-corrected chi connectivity index (χ2v) is 7.76. The molecule has 0 aromatic carbocycles. The number of nitrogens with one attached hydrogen (secondary N) is 2. The number of nitrogens with zero attached hydrogens (tertiary/aromatic N) is 2. The second kappa shape index (κ2) is 10.2. The van der Waals surface area contributed by atoms with E-state index < -0.39 is 73.6 Å². The van der Waals surface area contributed by atoms with Crippen molar-refractivity contribution in [3.63, 3.8) is 0 Å². The molecule has 0 aliphatic carbocycles. The zero-order valence-electron chi connectivity index (χ0n) is 16.6. The van der Waals surface area contributed by atoms with Crippen LogP contribution in [0.15, 0.2) is 10.2 Å². The third kappa shape index (κ3) is 7.73. The number of carbonyl (C=O) groups excluding carboxylic acids is 2. The minimum absolute atomic E-state index is 0.414. The molecular formula is C16H32N4O8. The number of hydrogen-bond acceptors (Lipinski definition) is 10. The maximum absolute atomic E-state index is 12.2. The lowest BCUT2D eigenvalue weighted by Gasteiger charge is -2.27. The van der Waals surface area contributed by atoms with Gasteiger partial charge in [-0.25, -0.2) is 0 Å². The molecule has 0 bridgehead atoms. The molecule has 0 aromatic rings. The summed E-state index contributed by atoms with van der Waals surface area (Å²) in [6.07, 6.45) is 0. The normalized spacial score (nSPS) is 13.6. The van der Waals surface area contributed by atoms with Crippen LogP contribution in [-0.4, -0.2) is 104 Å². The first-order valence-corrected chi connectivity index (χ1v) is 8.60. The predicted octanol–water partition coefficient (Wildman–Crippen LogP) is -3.34. The van der Waals surface area contributed by atoms with Gasteiger partial charge in [0.2, 0.25) is 11.8 Å². The van der Waals surface area contributed by atoms with E-state index in [-0.39, 0.29) is 0 Å². The fourth-order valence-electron chi connectivity index (χ4n) is 1.59. The van der Waals surface area contributed by atoms with E-state index in [4.69, 9.17) is 20.4 Å².